The van der Waals surface area contributed by atoms with E-state index in [1.807, 2.05) is 6.92 Å². The third-order valence-electron chi connectivity index (χ3n) is 3.81. The van der Waals surface area contributed by atoms with Crippen molar-refractivity contribution in [3.05, 3.63) is 59.1 Å². The smallest absolute Gasteiger partial charge is 0.338 e. The normalized spacial score (nSPS) is 11.0. The molecule has 0 radical (unpaired) electrons. The van der Waals surface area contributed by atoms with Crippen LogP contribution in [0.1, 0.15) is 23.7 Å². The van der Waals surface area contributed by atoms with Crippen molar-refractivity contribution in [1.82, 2.24) is 5.32 Å². The van der Waals surface area contributed by atoms with Gasteiger partial charge in [0.1, 0.15) is 0 Å². The van der Waals surface area contributed by atoms with Crippen LogP contribution in [0, 0.1) is 0 Å². The predicted molar refractivity (Wildman–Crippen MR) is 107 cm³/mol. The van der Waals surface area contributed by atoms with Gasteiger partial charge in [-0.25, -0.2) is 13.2 Å². The van der Waals surface area contributed by atoms with Gasteiger partial charge in [-0.05, 0) is 42.8 Å². The molecule has 0 spiro atoms. The molecule has 1 amide bonds. The second-order valence-corrected chi connectivity index (χ2v) is 8.31. The largest absolute Gasteiger partial charge is 0.452 e. The Hall–Kier alpha value is -2.58. The average Bonchev–Trinajstić information content (AvgIpc) is 2.69. The summed E-state index contributed by atoms with van der Waals surface area (Å²) in [4.78, 5) is 23.6. The Morgan fingerprint density at radius 3 is 2.54 bits per heavy atom. The lowest BCUT2D eigenvalue weighted by atomic mass is 10.2. The highest BCUT2D eigenvalue weighted by atomic mass is 35.5. The Morgan fingerprint density at radius 1 is 1.14 bits per heavy atom. The summed E-state index contributed by atoms with van der Waals surface area (Å²) in [5.41, 5.74) is 0.414. The van der Waals surface area contributed by atoms with Crippen molar-refractivity contribution >= 4 is 39.2 Å². The van der Waals surface area contributed by atoms with Gasteiger partial charge in [-0.3, -0.25) is 9.10 Å². The van der Waals surface area contributed by atoms with Crippen molar-refractivity contribution in [3.63, 3.8) is 0 Å². The van der Waals surface area contributed by atoms with Crippen LogP contribution >= 0.6 is 11.6 Å². The molecule has 0 aliphatic heterocycles. The minimum atomic E-state index is -3.92. The first-order chi connectivity index (χ1) is 13.3. The molecule has 2 rings (SSSR count). The number of anilines is 1. The molecule has 1 N–H and O–H groups in total. The number of sulfonamides is 1. The molecular weight excluding hydrogens is 404 g/mol. The van der Waals surface area contributed by atoms with Gasteiger partial charge in [0.2, 0.25) is 0 Å². The second-order valence-electron chi connectivity index (χ2n) is 5.91. The van der Waals surface area contributed by atoms with Gasteiger partial charge in [-0.1, -0.05) is 30.7 Å². The second kappa shape index (κ2) is 9.57. The van der Waals surface area contributed by atoms with Gasteiger partial charge in [0.05, 0.1) is 16.1 Å². The van der Waals surface area contributed by atoms with E-state index < -0.39 is 28.5 Å². The topological polar surface area (TPSA) is 92.8 Å². The fourth-order valence-corrected chi connectivity index (χ4v) is 3.70. The quantitative estimate of drug-likeness (QED) is 0.658. The number of nitrogens with one attached hydrogen (secondary N) is 1. The van der Waals surface area contributed by atoms with Crippen LogP contribution < -0.4 is 9.62 Å². The number of carbonyl (C=O) groups is 2. The molecule has 9 heteroatoms. The SMILES string of the molecule is CCCNC(=O)COC(=O)c1cccc(S(=O)(=O)N(C)c2cccc(Cl)c2)c1. The van der Waals surface area contributed by atoms with E-state index in [4.69, 9.17) is 16.3 Å². The monoisotopic (exact) mass is 424 g/mol. The lowest BCUT2D eigenvalue weighted by molar-refractivity contribution is -0.124. The first-order valence-corrected chi connectivity index (χ1v) is 10.4. The maximum Gasteiger partial charge on any atom is 0.338 e. The molecule has 0 heterocycles. The minimum absolute atomic E-state index is 0.0314. The number of hydrogen-bond acceptors (Lipinski definition) is 5. The first kappa shape index (κ1) is 21.7. The summed E-state index contributed by atoms with van der Waals surface area (Å²) in [5, 5.41) is 2.98. The zero-order valence-corrected chi connectivity index (χ0v) is 17.1. The standard InChI is InChI=1S/C19H21ClN2O5S/c1-3-10-21-18(23)13-27-19(24)14-6-4-9-17(11-14)28(25,26)22(2)16-8-5-7-15(20)12-16/h4-9,11-12H,3,10,13H2,1-2H3,(H,21,23). The zero-order chi connectivity index (χ0) is 20.7. The summed E-state index contributed by atoms with van der Waals surface area (Å²) in [6.07, 6.45) is 0.764. The van der Waals surface area contributed by atoms with Crippen LogP contribution in [-0.4, -0.2) is 40.5 Å². The summed E-state index contributed by atoms with van der Waals surface area (Å²) in [6.45, 7) is 1.96. The van der Waals surface area contributed by atoms with Crippen LogP contribution in [0.25, 0.3) is 0 Å². The molecule has 0 aromatic heterocycles. The van der Waals surface area contributed by atoms with Crippen molar-refractivity contribution in [2.75, 3.05) is 24.5 Å². The highest BCUT2D eigenvalue weighted by molar-refractivity contribution is 7.92. The van der Waals surface area contributed by atoms with E-state index in [2.05, 4.69) is 5.32 Å². The lowest BCUT2D eigenvalue weighted by Gasteiger charge is -2.20. The highest BCUT2D eigenvalue weighted by Gasteiger charge is 2.23. The Balaban J connectivity index is 2.17. The summed E-state index contributed by atoms with van der Waals surface area (Å²) < 4.78 is 31.7. The lowest BCUT2D eigenvalue weighted by Crippen LogP contribution is -2.29. The van der Waals surface area contributed by atoms with E-state index in [-0.39, 0.29) is 10.5 Å². The fraction of sp³-hybridized carbons (Fsp3) is 0.263. The molecule has 7 nitrogen and oxygen atoms in total. The third-order valence-corrected chi connectivity index (χ3v) is 5.82. The number of esters is 1. The van der Waals surface area contributed by atoms with Crippen molar-refractivity contribution in [3.8, 4) is 0 Å². The number of ether oxygens (including phenoxy) is 1. The van der Waals surface area contributed by atoms with Crippen LogP contribution in [0.4, 0.5) is 5.69 Å². The molecule has 28 heavy (non-hydrogen) atoms. The summed E-state index contributed by atoms with van der Waals surface area (Å²) in [6, 6.07) is 11.9. The molecule has 0 aliphatic rings. The van der Waals surface area contributed by atoms with Crippen molar-refractivity contribution in [1.29, 1.82) is 0 Å². The minimum Gasteiger partial charge on any atom is -0.452 e. The van der Waals surface area contributed by atoms with E-state index in [0.717, 1.165) is 10.7 Å². The molecule has 0 saturated carbocycles. The van der Waals surface area contributed by atoms with Crippen molar-refractivity contribution < 1.29 is 22.7 Å². The van der Waals surface area contributed by atoms with E-state index in [1.165, 1.54) is 37.4 Å². The zero-order valence-electron chi connectivity index (χ0n) is 15.5. The Labute approximate surface area is 169 Å². The Kier molecular flexibility index (Phi) is 7.42. The number of rotatable bonds is 8. The average molecular weight is 425 g/mol. The first-order valence-electron chi connectivity index (χ1n) is 8.54. The summed E-state index contributed by atoms with van der Waals surface area (Å²) >= 11 is 5.93. The molecule has 2 aromatic rings. The van der Waals surface area contributed by atoms with E-state index in [1.54, 1.807) is 18.2 Å². The molecule has 0 fully saturated rings. The molecule has 0 unspecified atom stereocenters. The van der Waals surface area contributed by atoms with Gasteiger partial charge < -0.3 is 10.1 Å². The Bertz CT molecular complexity index is 962. The van der Waals surface area contributed by atoms with Crippen LogP contribution in [0.15, 0.2) is 53.4 Å². The van der Waals surface area contributed by atoms with Gasteiger partial charge >= 0.3 is 5.97 Å². The number of nitrogens with zero attached hydrogens (tertiary/aromatic N) is 1. The van der Waals surface area contributed by atoms with E-state index in [9.17, 15) is 18.0 Å². The number of halogens is 1. The number of amides is 1. The number of hydrogen-bond donors (Lipinski definition) is 1. The number of carbonyl (C=O) groups excluding carboxylic acids is 2. The molecule has 0 bridgehead atoms. The predicted octanol–water partition coefficient (Wildman–Crippen LogP) is 2.85. The summed E-state index contributed by atoms with van der Waals surface area (Å²) in [5.74, 6) is -1.20. The van der Waals surface area contributed by atoms with Gasteiger partial charge in [0, 0.05) is 18.6 Å². The summed E-state index contributed by atoms with van der Waals surface area (Å²) in [7, 11) is -2.53. The molecule has 0 saturated heterocycles. The molecule has 150 valence electrons. The van der Waals surface area contributed by atoms with Gasteiger partial charge in [0.25, 0.3) is 15.9 Å². The van der Waals surface area contributed by atoms with Crippen molar-refractivity contribution in [2.45, 2.75) is 18.2 Å². The maximum atomic E-state index is 12.9. The maximum absolute atomic E-state index is 12.9. The number of benzene rings is 2. The van der Waals surface area contributed by atoms with E-state index >= 15 is 0 Å². The molecule has 2 aromatic carbocycles. The third kappa shape index (κ3) is 5.46. The van der Waals surface area contributed by atoms with Gasteiger partial charge in [-0.15, -0.1) is 0 Å². The van der Waals surface area contributed by atoms with Crippen LogP contribution in [-0.2, 0) is 19.6 Å². The fourth-order valence-electron chi connectivity index (χ4n) is 2.28. The van der Waals surface area contributed by atoms with Crippen LogP contribution in [0.2, 0.25) is 5.02 Å². The Morgan fingerprint density at radius 2 is 1.86 bits per heavy atom. The molecule has 0 atom stereocenters. The van der Waals surface area contributed by atoms with Crippen molar-refractivity contribution in [2.24, 2.45) is 0 Å². The molecule has 0 aliphatic carbocycles. The molecular formula is C19H21ClN2O5S. The van der Waals surface area contributed by atoms with Crippen LogP contribution in [0.5, 0.6) is 0 Å². The highest BCUT2D eigenvalue weighted by Crippen LogP contribution is 2.25. The van der Waals surface area contributed by atoms with E-state index in [0.29, 0.717) is 17.3 Å². The van der Waals surface area contributed by atoms with Crippen LogP contribution in [0.3, 0.4) is 0 Å². The van der Waals surface area contributed by atoms with Gasteiger partial charge in [0.15, 0.2) is 6.61 Å². The van der Waals surface area contributed by atoms with Gasteiger partial charge in [-0.2, -0.15) is 0 Å².